The van der Waals surface area contributed by atoms with Gasteiger partial charge in [-0.3, -0.25) is 18.3 Å². The third kappa shape index (κ3) is 11.9. The molecule has 6 heterocycles. The molecule has 12 heteroatoms. The van der Waals surface area contributed by atoms with E-state index in [0.717, 1.165) is 55.7 Å². The molecule has 15 rings (SSSR count). The normalized spacial score (nSPS) is 12.0. The van der Waals surface area contributed by atoms with Crippen molar-refractivity contribution in [2.75, 3.05) is 0 Å². The smallest absolute Gasteiger partial charge is 0.269 e. The van der Waals surface area contributed by atoms with Gasteiger partial charge >= 0.3 is 0 Å². The van der Waals surface area contributed by atoms with Gasteiger partial charge in [0, 0.05) is 100 Å². The first-order chi connectivity index (χ1) is 44.3. The second-order valence-corrected chi connectivity index (χ2v) is 27.4. The van der Waals surface area contributed by atoms with E-state index in [4.69, 9.17) is 9.97 Å². The molecule has 0 saturated heterocycles. The van der Waals surface area contributed by atoms with Crippen LogP contribution in [0.15, 0.2) is 182 Å². The molecule has 0 unspecified atom stereocenters. The predicted molar refractivity (Wildman–Crippen MR) is 381 cm³/mol. The van der Waals surface area contributed by atoms with Gasteiger partial charge < -0.3 is 28.7 Å². The average Bonchev–Trinajstić information content (AvgIpc) is 1.57. The molecule has 15 aromatic rings. The third-order valence-electron chi connectivity index (χ3n) is 18.5. The van der Waals surface area contributed by atoms with Crippen molar-refractivity contribution >= 4 is 77.8 Å². The van der Waals surface area contributed by atoms with E-state index in [-0.39, 0.29) is 44.8 Å². The monoisotopic (exact) mass is 1600 g/mol. The zero-order valence-corrected chi connectivity index (χ0v) is 61.3. The number of aromatic nitrogens is 10. The van der Waals surface area contributed by atoms with Crippen LogP contribution in [0.2, 0.25) is 0 Å². The third-order valence-corrected chi connectivity index (χ3v) is 18.5. The van der Waals surface area contributed by atoms with Gasteiger partial charge in [0.1, 0.15) is 0 Å². The summed E-state index contributed by atoms with van der Waals surface area (Å²) in [6, 6.07) is 64.9. The molecule has 9 aromatic carbocycles. The second-order valence-electron chi connectivity index (χ2n) is 27.4. The summed E-state index contributed by atoms with van der Waals surface area (Å²) in [4.78, 5) is 18.8. The van der Waals surface area contributed by atoms with Crippen LogP contribution in [0.25, 0.3) is 101 Å². The number of benzene rings is 9. The molecule has 0 amide bonds. The van der Waals surface area contributed by atoms with Gasteiger partial charge in [0.05, 0.1) is 44.8 Å². The Morgan fingerprint density at radius 3 is 0.872 bits per heavy atom. The van der Waals surface area contributed by atoms with E-state index in [1.165, 1.54) is 89.3 Å². The molecule has 94 heavy (non-hydrogen) atoms. The Hall–Kier alpha value is -8.06. The quantitative estimate of drug-likeness (QED) is 0.0693. The van der Waals surface area contributed by atoms with Crippen molar-refractivity contribution in [3.05, 3.63) is 239 Å². The molecular weight excluding hydrogens is 1520 g/mol. The van der Waals surface area contributed by atoms with Crippen LogP contribution in [0.5, 0.6) is 0 Å². The number of rotatable bonds is 12. The number of hydrogen-bond acceptors (Lipinski definition) is 2. The van der Waals surface area contributed by atoms with Crippen molar-refractivity contribution < 1.29 is 53.9 Å². The van der Waals surface area contributed by atoms with Crippen LogP contribution >= 0.6 is 0 Å². The van der Waals surface area contributed by atoms with E-state index in [0.29, 0.717) is 47.3 Å². The van der Waals surface area contributed by atoms with E-state index in [1.807, 2.05) is 36.4 Å². The van der Waals surface area contributed by atoms with Gasteiger partial charge in [-0.05, 0) is 104 Å². The minimum absolute atomic E-state index is 0. The summed E-state index contributed by atoms with van der Waals surface area (Å²) in [5, 5.41) is 0. The van der Waals surface area contributed by atoms with Crippen molar-refractivity contribution in [2.45, 2.75) is 158 Å². The molecule has 0 aliphatic carbocycles. The molecule has 0 spiro atoms. The number of nitrogens with zero attached hydrogens (tertiary/aromatic N) is 10. The molecule has 0 fully saturated rings. The Morgan fingerprint density at radius 2 is 0.574 bits per heavy atom. The molecule has 0 atom stereocenters. The Labute approximate surface area is 585 Å². The largest absolute Gasteiger partial charge is 0.366 e. The van der Waals surface area contributed by atoms with Crippen LogP contribution in [0.4, 0.5) is 0 Å². The number of hydrogen-bond donors (Lipinski definition) is 0. The van der Waals surface area contributed by atoms with Crippen LogP contribution in [0.3, 0.4) is 0 Å². The Balaban J connectivity index is 0.000000143. The van der Waals surface area contributed by atoms with Gasteiger partial charge in [-0.15, -0.1) is 0 Å². The zero-order valence-electron chi connectivity index (χ0n) is 57.0. The fourth-order valence-corrected chi connectivity index (χ4v) is 13.8. The Kier molecular flexibility index (Phi) is 19.6. The summed E-state index contributed by atoms with van der Waals surface area (Å²) in [5.41, 5.74) is 28.7. The van der Waals surface area contributed by atoms with Crippen molar-refractivity contribution in [3.63, 3.8) is 0 Å². The van der Waals surface area contributed by atoms with Gasteiger partial charge in [-0.2, -0.15) is 0 Å². The van der Waals surface area contributed by atoms with E-state index in [2.05, 4.69) is 306 Å². The standard InChI is InChI=1S/2C31H38N2.C20H10N6.2Au/c2*1-20(2)24-13-11-14-25(21(3)4)30(24)32-19-33(29-18-10-9-17-28(29)32)31-26(22(5)6)15-12-16-27(31)23(7)8;1-3-7-15-11(5-1)21-19-23-13-10-18-14(9-17(13)25(15)19)24-20-22-12-6-2-4-8-16(12)26(18)20;;/h2*9-18,20-23H,1-8H3;1-10H;;/q;;-2;;. The van der Waals surface area contributed by atoms with Crippen LogP contribution in [0.1, 0.15) is 203 Å². The minimum Gasteiger partial charge on any atom is -0.366 e. The van der Waals surface area contributed by atoms with Gasteiger partial charge in [-0.25, -0.2) is 0 Å². The maximum Gasteiger partial charge on any atom is 0.269 e. The van der Waals surface area contributed by atoms with Crippen LogP contribution in [-0.2, 0) is 44.8 Å². The van der Waals surface area contributed by atoms with E-state index < -0.39 is 0 Å². The minimum atomic E-state index is 0. The fraction of sp³-hybridized carbons (Fsp3) is 0.293. The molecule has 0 aliphatic rings. The first kappa shape index (κ1) is 67.4. The molecule has 10 nitrogen and oxygen atoms in total. The summed E-state index contributed by atoms with van der Waals surface area (Å²) >= 11 is 0. The molecule has 488 valence electrons. The summed E-state index contributed by atoms with van der Waals surface area (Å²) in [6.07, 6.45) is 7.67. The summed E-state index contributed by atoms with van der Waals surface area (Å²) in [6.45, 7) is 36.6. The molecule has 0 aliphatic heterocycles. The SMILES string of the molecule is CC(C)c1cccc(C(C)C)c1-n1[c-][n+](-c2c(C(C)C)cccc2C(C)C)c2ccccc21.CC(C)c1cccc(C(C)C)c1-n1[c-][n+](-c2c(C(C)C)cccc2C(C)C)c2ccccc21.[Au].[Au].c1ccc2c(c1)nc1[n-]c3cc4c(cc3n12)[n-]c1nc2ccccc2n14. The summed E-state index contributed by atoms with van der Waals surface area (Å²) < 4.78 is 13.5. The van der Waals surface area contributed by atoms with E-state index in [9.17, 15) is 0 Å². The topological polar surface area (TPSA) is 80.4 Å². The second kappa shape index (κ2) is 27.3. The van der Waals surface area contributed by atoms with Crippen LogP contribution < -0.4 is 19.1 Å². The van der Waals surface area contributed by atoms with Crippen molar-refractivity contribution in [3.8, 4) is 22.7 Å². The number of fused-ring (bicyclic) bond motifs is 12. The molecule has 0 saturated carbocycles. The van der Waals surface area contributed by atoms with Gasteiger partial charge in [0.15, 0.2) is 0 Å². The van der Waals surface area contributed by atoms with Gasteiger partial charge in [0.25, 0.3) is 12.7 Å². The van der Waals surface area contributed by atoms with Gasteiger partial charge in [0.2, 0.25) is 0 Å². The van der Waals surface area contributed by atoms with Crippen molar-refractivity contribution in [2.24, 2.45) is 0 Å². The number of imidazole rings is 6. The first-order valence-corrected chi connectivity index (χ1v) is 33.3. The zero-order chi connectivity index (χ0) is 64.5. The van der Waals surface area contributed by atoms with Crippen molar-refractivity contribution in [1.82, 2.24) is 37.9 Å². The maximum absolute atomic E-state index is 4.74. The molecule has 0 N–H and O–H groups in total. The van der Waals surface area contributed by atoms with Crippen LogP contribution in [-0.4, -0.2) is 27.9 Å². The summed E-state index contributed by atoms with van der Waals surface area (Å²) in [7, 11) is 0. The van der Waals surface area contributed by atoms with Gasteiger partial charge in [-0.1, -0.05) is 281 Å². The molecule has 6 aromatic heterocycles. The maximum atomic E-state index is 4.74. The average molecular weight is 1610 g/mol. The Bertz CT molecular complexity index is 4600. The van der Waals surface area contributed by atoms with Crippen molar-refractivity contribution in [1.29, 1.82) is 0 Å². The van der Waals surface area contributed by atoms with E-state index >= 15 is 0 Å². The first-order valence-electron chi connectivity index (χ1n) is 33.3. The predicted octanol–water partition coefficient (Wildman–Crippen LogP) is 19.9. The van der Waals surface area contributed by atoms with E-state index in [1.54, 1.807) is 0 Å². The fourth-order valence-electron chi connectivity index (χ4n) is 13.8. The molecule has 0 bridgehead atoms. The van der Waals surface area contributed by atoms with Crippen LogP contribution in [0, 0.1) is 12.7 Å². The Morgan fingerprint density at radius 1 is 0.309 bits per heavy atom. The summed E-state index contributed by atoms with van der Waals surface area (Å²) in [5.74, 6) is 4.86. The number of para-hydroxylation sites is 12. The molecule has 2 radical (unpaired) electrons. The molecular formula is C82H86Au2N10-2.